The van der Waals surface area contributed by atoms with Gasteiger partial charge in [-0.15, -0.1) is 0 Å². The molecule has 3 amide bonds. The molecule has 0 spiro atoms. The first-order chi connectivity index (χ1) is 54.2. The lowest BCUT2D eigenvalue weighted by molar-refractivity contribution is -0.265. The van der Waals surface area contributed by atoms with Crippen molar-refractivity contribution in [2.45, 2.75) is 218 Å². The second-order valence-corrected chi connectivity index (χ2v) is 30.8. The Labute approximate surface area is 663 Å². The molecule has 0 unspecified atom stereocenters. The van der Waals surface area contributed by atoms with Crippen LogP contribution in [0.3, 0.4) is 0 Å². The monoisotopic (exact) mass is 1590 g/mol. The fraction of sp³-hybridized carbons (Fsp3) is 0.704. The summed E-state index contributed by atoms with van der Waals surface area (Å²) in [5, 5.41) is 37.2. The Kier molecular flexibility index (Phi) is 36.3. The van der Waals surface area contributed by atoms with Gasteiger partial charge in [-0.3, -0.25) is 24.0 Å². The number of carbonyl (C=O) groups excluding carboxylic acids is 7. The number of aliphatic carboxylic acids is 1. The molecule has 113 heavy (non-hydrogen) atoms. The molecule has 32 heteroatoms. The van der Waals surface area contributed by atoms with Crippen LogP contribution in [0, 0.1) is 29.6 Å². The Morgan fingerprint density at radius 2 is 1.42 bits per heavy atom. The predicted molar refractivity (Wildman–Crippen MR) is 414 cm³/mol. The maximum Gasteiger partial charge on any atom is 0.410 e. The van der Waals surface area contributed by atoms with Gasteiger partial charge in [-0.05, 0) is 108 Å². The lowest BCUT2D eigenvalue weighted by atomic mass is 9.80. The van der Waals surface area contributed by atoms with Crippen molar-refractivity contribution >= 4 is 59.1 Å². The van der Waals surface area contributed by atoms with Crippen molar-refractivity contribution in [2.24, 2.45) is 35.3 Å². The fourth-order valence-electron chi connectivity index (χ4n) is 15.6. The van der Waals surface area contributed by atoms with Crippen LogP contribution in [-0.2, 0) is 93.8 Å². The minimum Gasteiger partial charge on any atom is -0.480 e. The number of allylic oxidation sites excluding steroid dienone is 5. The van der Waals surface area contributed by atoms with Gasteiger partial charge in [-0.25, -0.2) is 34.3 Å². The summed E-state index contributed by atoms with van der Waals surface area (Å²) >= 11 is 0. The van der Waals surface area contributed by atoms with E-state index in [4.69, 9.17) is 62.8 Å². The van der Waals surface area contributed by atoms with Crippen molar-refractivity contribution in [2.75, 3.05) is 130 Å². The number of anilines is 2. The molecule has 1 aliphatic carbocycles. The maximum atomic E-state index is 15.0. The number of carboxylic acids is 1. The lowest BCUT2D eigenvalue weighted by Crippen LogP contribution is -2.61. The Morgan fingerprint density at radius 3 is 2.09 bits per heavy atom. The van der Waals surface area contributed by atoms with E-state index in [-0.39, 0.29) is 100 Å². The molecule has 2 aromatic heterocycles. The molecule has 5 aliphatic heterocycles. The summed E-state index contributed by atoms with van der Waals surface area (Å²) in [4.78, 5) is 133. The Hall–Kier alpha value is -7.60. The average molecular weight is 1590 g/mol. The van der Waals surface area contributed by atoms with Crippen LogP contribution in [0.5, 0.6) is 0 Å². The SMILES string of the molecule is CO[C@H]1C[C@@H]2CC[C@@H](C)[C@@](O)(O2)C(=O)C(=O)N2CCCC[C@H]2C(=O)O[C@H]([C@H](N)C[C@@H]2CC[C@@H](OC(=O)N3CCc4nc(N5CCN(c6ncc(C(=O)NCCOCCOCCOCCOCCC(C)=O)cn6)[C@@H](C(=O)O)C5)ncc4C3)[C@H](OC)C2)C[C@@H](OC)[C@H](C)/C=C(\C)[C@@H](O)[C@@H](OC)C(=O)[C@H](C)C[C@H](C)/C=C/C=C/C=C/1C. The summed E-state index contributed by atoms with van der Waals surface area (Å²) < 4.78 is 64.6. The van der Waals surface area contributed by atoms with Gasteiger partial charge in [0, 0.05) is 135 Å². The largest absolute Gasteiger partial charge is 0.480 e. The molecule has 2 bridgehead atoms. The number of ketones is 3. The van der Waals surface area contributed by atoms with Crippen LogP contribution in [0.2, 0.25) is 0 Å². The maximum absolute atomic E-state index is 15.0. The summed E-state index contributed by atoms with van der Waals surface area (Å²) in [6.45, 7) is 16.6. The number of carbonyl (C=O) groups is 8. The number of cyclic esters (lactones) is 1. The number of methoxy groups -OCH3 is 4. The van der Waals surface area contributed by atoms with Crippen molar-refractivity contribution in [3.05, 3.63) is 83.0 Å². The van der Waals surface area contributed by atoms with Gasteiger partial charge < -0.3 is 98.1 Å². The number of aliphatic hydroxyl groups excluding tert-OH is 1. The van der Waals surface area contributed by atoms with Gasteiger partial charge in [0.05, 0.1) is 102 Å². The highest BCUT2D eigenvalue weighted by Gasteiger charge is 2.53. The third kappa shape index (κ3) is 25.9. The van der Waals surface area contributed by atoms with Crippen LogP contribution in [0.1, 0.15) is 154 Å². The number of hydrogen-bond donors (Lipinski definition) is 5. The lowest BCUT2D eigenvalue weighted by Gasteiger charge is -2.43. The van der Waals surface area contributed by atoms with Crippen LogP contribution in [0.15, 0.2) is 66.2 Å². The van der Waals surface area contributed by atoms with Crippen LogP contribution < -0.4 is 20.9 Å². The van der Waals surface area contributed by atoms with E-state index >= 15 is 0 Å². The highest BCUT2D eigenvalue weighted by atomic mass is 16.6. The van der Waals surface area contributed by atoms with Crippen LogP contribution in [0.25, 0.3) is 0 Å². The van der Waals surface area contributed by atoms with Crippen molar-refractivity contribution < 1.29 is 106 Å². The topological polar surface area (TPSA) is 401 Å². The normalized spacial score (nSPS) is 30.8. The Morgan fingerprint density at radius 1 is 0.726 bits per heavy atom. The van der Waals surface area contributed by atoms with E-state index in [0.717, 1.165) is 5.57 Å². The van der Waals surface area contributed by atoms with Crippen molar-refractivity contribution in [3.8, 4) is 0 Å². The van der Waals surface area contributed by atoms with E-state index in [0.29, 0.717) is 146 Å². The van der Waals surface area contributed by atoms with E-state index < -0.39 is 126 Å². The number of piperidine rings is 1. The number of nitrogens with two attached hydrogens (primary N) is 1. The number of esters is 1. The van der Waals surface area contributed by atoms with E-state index in [2.05, 4.69) is 20.3 Å². The number of nitrogens with zero attached hydrogens (tertiary/aromatic N) is 8. The Bertz CT molecular complexity index is 3590. The fourth-order valence-corrected chi connectivity index (χ4v) is 15.6. The molecule has 7 heterocycles. The minimum atomic E-state index is -2.49. The molecule has 4 fully saturated rings. The van der Waals surface area contributed by atoms with Gasteiger partial charge in [0.1, 0.15) is 42.3 Å². The summed E-state index contributed by atoms with van der Waals surface area (Å²) in [5.41, 5.74) is 10.2. The number of aromatic nitrogens is 4. The molecule has 6 N–H and O–H groups in total. The predicted octanol–water partition coefficient (Wildman–Crippen LogP) is 5.66. The van der Waals surface area contributed by atoms with Gasteiger partial charge in [-0.2, -0.15) is 0 Å². The van der Waals surface area contributed by atoms with Gasteiger partial charge in [0.25, 0.3) is 17.6 Å². The first-order valence-electron chi connectivity index (χ1n) is 39.9. The number of fused-ring (bicyclic) bond motifs is 4. The smallest absolute Gasteiger partial charge is 0.410 e. The van der Waals surface area contributed by atoms with Gasteiger partial charge >= 0.3 is 18.0 Å². The number of aliphatic hydroxyl groups is 2. The van der Waals surface area contributed by atoms with E-state index in [1.54, 1.807) is 55.0 Å². The molecule has 8 rings (SSSR count). The quantitative estimate of drug-likeness (QED) is 0.0312. The highest BCUT2D eigenvalue weighted by molar-refractivity contribution is 6.39. The number of piperazine rings is 1. The zero-order valence-electron chi connectivity index (χ0n) is 67.7. The Balaban J connectivity index is 0.872. The zero-order valence-corrected chi connectivity index (χ0v) is 67.7. The van der Waals surface area contributed by atoms with Crippen LogP contribution in [-0.4, -0.2) is 286 Å². The molecule has 0 radical (unpaired) electrons. The molecule has 32 nitrogen and oxygen atoms in total. The average Bonchev–Trinajstić information content (AvgIpc) is 0.777. The second-order valence-electron chi connectivity index (χ2n) is 30.8. The minimum absolute atomic E-state index is 0.00186. The molecule has 17 atom stereocenters. The second kappa shape index (κ2) is 45.1. The number of nitrogens with one attached hydrogen (secondary N) is 1. The van der Waals surface area contributed by atoms with Gasteiger partial charge in [-0.1, -0.05) is 64.2 Å². The molecular formula is C81H122N10O22. The van der Waals surface area contributed by atoms with Crippen molar-refractivity contribution in [1.29, 1.82) is 0 Å². The molecule has 2 aromatic rings. The van der Waals surface area contributed by atoms with Gasteiger partial charge in [0.15, 0.2) is 5.78 Å². The standard InChI is InChI=1S/C81H122N10O22/c1-50-17-13-12-14-18-51(2)66(103-8)43-60-22-20-55(6)81(102,113-60)73(95)75(97)90-27-16-15-19-63(90)77(100)111-68(44-67(104-9)52(3)40-54(5)71(94)72(106-11)70(93)53(4)39-50)61(82)41-57-21-23-65(69(42-57)105-10)112-80(101)89-28-24-62-59(48-89)47-86-79(87-62)88-29-30-91(64(49-88)76(98)99)78-84-45-58(46-85-78)74(96)83-26-32-108-34-36-110-38-37-109-35-33-107-31-25-56(7)92/h12-14,17-18,40,45-47,50,52-53,55,57,60-61,63-69,71-72,94,102H,15-16,19-39,41-44,48-49,82H2,1-11H3,(H,83,96)(H,98,99)/b14-12+,17-13+,51-18+,54-40+/t50-,52-,53-,55-,57+,60+,61-,63+,64-,65-,66+,67-,68+,69-,71-,72+,81-/m1/s1. The van der Waals surface area contributed by atoms with E-state index in [9.17, 15) is 53.7 Å². The summed E-state index contributed by atoms with van der Waals surface area (Å²) in [6.07, 6.45) is 13.9. The van der Waals surface area contributed by atoms with Crippen LogP contribution >= 0.6 is 0 Å². The number of hydrogen-bond acceptors (Lipinski definition) is 28. The summed E-state index contributed by atoms with van der Waals surface area (Å²) in [6, 6.07) is -3.15. The van der Waals surface area contributed by atoms with E-state index in [1.807, 2.05) is 58.1 Å². The number of Topliss-reactive ketones (excluding diaryl/α,β-unsaturated/α-hetero) is 3. The highest BCUT2D eigenvalue weighted by Crippen LogP contribution is 2.39. The molecule has 0 aromatic carbocycles. The molecule has 3 saturated heterocycles. The molecule has 6 aliphatic rings. The third-order valence-electron chi connectivity index (χ3n) is 22.4. The van der Waals surface area contributed by atoms with Gasteiger partial charge in [0.2, 0.25) is 17.7 Å². The van der Waals surface area contributed by atoms with Crippen molar-refractivity contribution in [3.63, 3.8) is 0 Å². The molecule has 1 saturated carbocycles. The first kappa shape index (κ1) is 90.9. The zero-order chi connectivity index (χ0) is 81.9. The molecule has 628 valence electrons. The number of ether oxygens (including phenoxy) is 11. The van der Waals surface area contributed by atoms with E-state index in [1.165, 1.54) is 38.4 Å². The number of amides is 3. The summed E-state index contributed by atoms with van der Waals surface area (Å²) in [7, 11) is 6.03. The number of carboxylic acid groups (broad SMARTS) is 1. The summed E-state index contributed by atoms with van der Waals surface area (Å²) in [5.74, 6) is -8.60. The number of rotatable bonds is 27. The third-order valence-corrected chi connectivity index (χ3v) is 22.4. The molecular weight excluding hydrogens is 1460 g/mol. The van der Waals surface area contributed by atoms with Crippen molar-refractivity contribution in [1.82, 2.24) is 35.1 Å². The first-order valence-corrected chi connectivity index (χ1v) is 39.9. The van der Waals surface area contributed by atoms with Crippen LogP contribution in [0.4, 0.5) is 16.7 Å².